The lowest BCUT2D eigenvalue weighted by atomic mass is 10.1. The van der Waals surface area contributed by atoms with Crippen LogP contribution >= 0.6 is 31.9 Å². The molecule has 0 aromatic heterocycles. The zero-order chi connectivity index (χ0) is 15.4. The summed E-state index contributed by atoms with van der Waals surface area (Å²) in [4.78, 5) is 12.5. The monoisotopic (exact) mass is 412 g/mol. The summed E-state index contributed by atoms with van der Waals surface area (Å²) in [6.45, 7) is 2.32. The number of nitrogens with two attached hydrogens (primary N) is 1. The summed E-state index contributed by atoms with van der Waals surface area (Å²) in [5, 5.41) is 2.84. The number of rotatable bonds is 4. The van der Waals surface area contributed by atoms with Gasteiger partial charge in [-0.2, -0.15) is 0 Å². The minimum absolute atomic E-state index is 0.316. The molecule has 0 aliphatic carbocycles. The average Bonchev–Trinajstić information content (AvgIpc) is 2.43. The molecule has 21 heavy (non-hydrogen) atoms. The Morgan fingerprint density at radius 2 is 1.81 bits per heavy atom. The largest absolute Gasteiger partial charge is 0.493 e. The maximum Gasteiger partial charge on any atom is 0.261 e. The number of anilines is 2. The molecule has 2 aromatic carbocycles. The van der Waals surface area contributed by atoms with Crippen LogP contribution in [0.15, 0.2) is 45.3 Å². The first-order chi connectivity index (χ1) is 10.0. The number of hydrogen-bond acceptors (Lipinski definition) is 3. The van der Waals surface area contributed by atoms with Crippen molar-refractivity contribution >= 4 is 49.1 Å². The number of nitrogens with one attached hydrogen (secondary N) is 1. The number of benzene rings is 2. The maximum atomic E-state index is 12.5. The summed E-state index contributed by atoms with van der Waals surface area (Å²) >= 11 is 6.82. The van der Waals surface area contributed by atoms with Gasteiger partial charge < -0.3 is 15.8 Å². The molecule has 0 bridgehead atoms. The van der Waals surface area contributed by atoms with Crippen molar-refractivity contribution in [2.24, 2.45) is 0 Å². The Balaban J connectivity index is 2.37. The topological polar surface area (TPSA) is 64.3 Å². The van der Waals surface area contributed by atoms with Gasteiger partial charge in [0, 0.05) is 14.6 Å². The Labute approximate surface area is 139 Å². The molecule has 0 aliphatic heterocycles. The van der Waals surface area contributed by atoms with Crippen LogP contribution in [0.1, 0.15) is 17.3 Å². The number of carbonyl (C=O) groups is 1. The van der Waals surface area contributed by atoms with E-state index in [4.69, 9.17) is 10.5 Å². The lowest BCUT2D eigenvalue weighted by molar-refractivity contribution is 0.102. The highest BCUT2D eigenvalue weighted by atomic mass is 79.9. The van der Waals surface area contributed by atoms with Crippen molar-refractivity contribution in [2.75, 3.05) is 17.7 Å². The molecule has 0 fully saturated rings. The Morgan fingerprint density at radius 3 is 2.43 bits per heavy atom. The van der Waals surface area contributed by atoms with Gasteiger partial charge >= 0.3 is 0 Å². The van der Waals surface area contributed by atoms with Crippen LogP contribution in [-0.4, -0.2) is 12.5 Å². The van der Waals surface area contributed by atoms with Crippen molar-refractivity contribution in [3.8, 4) is 5.75 Å². The zero-order valence-corrected chi connectivity index (χ0v) is 14.5. The highest BCUT2D eigenvalue weighted by molar-refractivity contribution is 9.11. The predicted octanol–water partition coefficient (Wildman–Crippen LogP) is 4.44. The van der Waals surface area contributed by atoms with Gasteiger partial charge in [0.25, 0.3) is 5.91 Å². The first-order valence-corrected chi connectivity index (χ1v) is 7.89. The first-order valence-electron chi connectivity index (χ1n) is 6.31. The second-order valence-electron chi connectivity index (χ2n) is 4.20. The van der Waals surface area contributed by atoms with Gasteiger partial charge in [0.1, 0.15) is 11.3 Å². The van der Waals surface area contributed by atoms with Crippen molar-refractivity contribution in [2.45, 2.75) is 6.92 Å². The lowest BCUT2D eigenvalue weighted by Crippen LogP contribution is -2.16. The quantitative estimate of drug-likeness (QED) is 0.728. The highest BCUT2D eigenvalue weighted by Crippen LogP contribution is 2.32. The number of hydrogen-bond donors (Lipinski definition) is 2. The van der Waals surface area contributed by atoms with Crippen molar-refractivity contribution in [3.05, 3.63) is 50.9 Å². The molecule has 6 heteroatoms. The van der Waals surface area contributed by atoms with E-state index in [1.807, 2.05) is 25.1 Å². The van der Waals surface area contributed by atoms with E-state index in [0.29, 0.717) is 29.3 Å². The van der Waals surface area contributed by atoms with Crippen LogP contribution in [0, 0.1) is 0 Å². The molecule has 0 spiro atoms. The predicted molar refractivity (Wildman–Crippen MR) is 91.8 cm³/mol. The van der Waals surface area contributed by atoms with E-state index in [2.05, 4.69) is 37.2 Å². The number of nitrogen functional groups attached to an aromatic ring is 1. The van der Waals surface area contributed by atoms with E-state index in [-0.39, 0.29) is 5.91 Å². The SMILES string of the molecule is CCOc1cccc(N)c1C(=O)Nc1c(Br)cccc1Br. The van der Waals surface area contributed by atoms with E-state index in [0.717, 1.165) is 8.95 Å². The van der Waals surface area contributed by atoms with E-state index in [1.165, 1.54) is 0 Å². The number of ether oxygens (including phenoxy) is 1. The van der Waals surface area contributed by atoms with Crippen molar-refractivity contribution in [1.82, 2.24) is 0 Å². The van der Waals surface area contributed by atoms with Crippen LogP contribution in [0.25, 0.3) is 0 Å². The lowest BCUT2D eigenvalue weighted by Gasteiger charge is -2.14. The Morgan fingerprint density at radius 1 is 1.19 bits per heavy atom. The minimum atomic E-state index is -0.316. The van der Waals surface area contributed by atoms with Crippen molar-refractivity contribution in [3.63, 3.8) is 0 Å². The van der Waals surface area contributed by atoms with Gasteiger partial charge in [-0.15, -0.1) is 0 Å². The van der Waals surface area contributed by atoms with Crippen LogP contribution in [0.5, 0.6) is 5.75 Å². The highest BCUT2D eigenvalue weighted by Gasteiger charge is 2.18. The normalized spacial score (nSPS) is 10.2. The van der Waals surface area contributed by atoms with Crippen molar-refractivity contribution < 1.29 is 9.53 Å². The summed E-state index contributed by atoms with van der Waals surface area (Å²) < 4.78 is 7.02. The van der Waals surface area contributed by atoms with Crippen LogP contribution in [-0.2, 0) is 0 Å². The second kappa shape index (κ2) is 6.95. The third kappa shape index (κ3) is 3.57. The first kappa shape index (κ1) is 15.9. The molecular formula is C15H14Br2N2O2. The molecule has 0 saturated carbocycles. The Hall–Kier alpha value is -1.53. The molecule has 0 radical (unpaired) electrons. The van der Waals surface area contributed by atoms with E-state index in [9.17, 15) is 4.79 Å². The maximum absolute atomic E-state index is 12.5. The van der Waals surface area contributed by atoms with Crippen LogP contribution in [0.3, 0.4) is 0 Å². The third-order valence-corrected chi connectivity index (χ3v) is 4.11. The molecule has 0 atom stereocenters. The average molecular weight is 414 g/mol. The standard InChI is InChI=1S/C15H14Br2N2O2/c1-2-21-12-8-4-7-11(18)13(12)15(20)19-14-9(16)5-3-6-10(14)17/h3-8H,2,18H2,1H3,(H,19,20). The fourth-order valence-corrected chi connectivity index (χ4v) is 3.06. The van der Waals surface area contributed by atoms with Crippen LogP contribution in [0.2, 0.25) is 0 Å². The molecule has 2 aromatic rings. The molecule has 1 amide bonds. The van der Waals surface area contributed by atoms with Gasteiger partial charge in [0.05, 0.1) is 12.3 Å². The number of para-hydroxylation sites is 1. The van der Waals surface area contributed by atoms with Crippen LogP contribution < -0.4 is 15.8 Å². The molecule has 110 valence electrons. The Kier molecular flexibility index (Phi) is 5.25. The smallest absolute Gasteiger partial charge is 0.261 e. The molecule has 2 rings (SSSR count). The minimum Gasteiger partial charge on any atom is -0.493 e. The third-order valence-electron chi connectivity index (χ3n) is 2.79. The second-order valence-corrected chi connectivity index (χ2v) is 5.91. The van der Waals surface area contributed by atoms with Gasteiger partial charge in [-0.25, -0.2) is 0 Å². The fraction of sp³-hybridized carbons (Fsp3) is 0.133. The van der Waals surface area contributed by atoms with E-state index in [1.54, 1.807) is 18.2 Å². The van der Waals surface area contributed by atoms with E-state index < -0.39 is 0 Å². The number of carbonyl (C=O) groups excluding carboxylic acids is 1. The molecule has 0 aliphatic rings. The summed E-state index contributed by atoms with van der Waals surface area (Å²) in [5.74, 6) is 0.155. The number of amides is 1. The van der Waals surface area contributed by atoms with Gasteiger partial charge in [-0.1, -0.05) is 12.1 Å². The molecule has 0 heterocycles. The summed E-state index contributed by atoms with van der Waals surface area (Å²) in [7, 11) is 0. The molecular weight excluding hydrogens is 400 g/mol. The van der Waals surface area contributed by atoms with Gasteiger partial charge in [-0.3, -0.25) is 4.79 Å². The number of halogens is 2. The van der Waals surface area contributed by atoms with Crippen LogP contribution in [0.4, 0.5) is 11.4 Å². The van der Waals surface area contributed by atoms with Crippen molar-refractivity contribution in [1.29, 1.82) is 0 Å². The molecule has 0 unspecified atom stereocenters. The van der Waals surface area contributed by atoms with Gasteiger partial charge in [-0.05, 0) is 63.0 Å². The molecule has 3 N–H and O–H groups in total. The zero-order valence-electron chi connectivity index (χ0n) is 11.3. The summed E-state index contributed by atoms with van der Waals surface area (Å²) in [5.41, 5.74) is 7.28. The van der Waals surface area contributed by atoms with Gasteiger partial charge in [0.15, 0.2) is 0 Å². The molecule has 0 saturated heterocycles. The summed E-state index contributed by atoms with van der Waals surface area (Å²) in [6.07, 6.45) is 0. The Bertz CT molecular complexity index is 654. The molecule has 4 nitrogen and oxygen atoms in total. The summed E-state index contributed by atoms with van der Waals surface area (Å²) in [6, 6.07) is 10.7. The fourth-order valence-electron chi connectivity index (χ4n) is 1.86. The van der Waals surface area contributed by atoms with Gasteiger partial charge in [0.2, 0.25) is 0 Å². The van der Waals surface area contributed by atoms with E-state index >= 15 is 0 Å².